The third kappa shape index (κ3) is 6.31. The monoisotopic (exact) mass is 399 g/mol. The van der Waals surface area contributed by atoms with E-state index in [0.29, 0.717) is 0 Å². The Balaban J connectivity index is 2.03. The van der Waals surface area contributed by atoms with Crippen LogP contribution in [-0.2, 0) is 9.59 Å². The van der Waals surface area contributed by atoms with E-state index in [1.165, 1.54) is 12.3 Å². The summed E-state index contributed by atoms with van der Waals surface area (Å²) in [4.78, 5) is 22.3. The summed E-state index contributed by atoms with van der Waals surface area (Å²) in [6.45, 7) is 2.30. The zero-order valence-corrected chi connectivity index (χ0v) is 15.4. The molecule has 1 aliphatic rings. The summed E-state index contributed by atoms with van der Waals surface area (Å²) in [6, 6.07) is 2.26. The molecule has 1 aromatic carbocycles. The van der Waals surface area contributed by atoms with Crippen molar-refractivity contribution in [2.75, 3.05) is 6.61 Å². The highest BCUT2D eigenvalue weighted by molar-refractivity contribution is 8.15. The number of carbonyl (C=O) groups is 2. The number of carboxylic acids is 1. The number of unbranched alkanes of at least 4 members (excludes halogenated alkanes) is 2. The number of nitrogens with one attached hydrogen (secondary N) is 1. The Morgan fingerprint density at radius 1 is 1.41 bits per heavy atom. The van der Waals surface area contributed by atoms with E-state index in [1.54, 1.807) is 0 Å². The Morgan fingerprint density at radius 3 is 2.89 bits per heavy atom. The number of carboxylic acid groups (broad SMARTS) is 1. The first kappa shape index (κ1) is 20.8. The van der Waals surface area contributed by atoms with Crippen molar-refractivity contribution in [1.82, 2.24) is 5.32 Å². The summed E-state index contributed by atoms with van der Waals surface area (Å²) in [6.07, 6.45) is 3.49. The molecule has 1 atom stereocenters. The number of hydrogen-bond acceptors (Lipinski definition) is 6. The van der Waals surface area contributed by atoms with E-state index in [-0.39, 0.29) is 29.5 Å². The second-order valence-corrected chi connectivity index (χ2v) is 6.91. The summed E-state index contributed by atoms with van der Waals surface area (Å²) in [5.74, 6) is -3.90. The van der Waals surface area contributed by atoms with Gasteiger partial charge in [0.05, 0.1) is 19.2 Å². The molecule has 2 rings (SSSR count). The molecular weight excluding hydrogens is 380 g/mol. The predicted octanol–water partition coefficient (Wildman–Crippen LogP) is 2.93. The van der Waals surface area contributed by atoms with Gasteiger partial charge in [-0.15, -0.1) is 5.10 Å². The van der Waals surface area contributed by atoms with Crippen LogP contribution in [-0.4, -0.2) is 40.2 Å². The van der Waals surface area contributed by atoms with Crippen LogP contribution in [0.25, 0.3) is 0 Å². The largest absolute Gasteiger partial charge is 0.490 e. The van der Waals surface area contributed by atoms with Crippen LogP contribution in [0.1, 0.15) is 38.2 Å². The van der Waals surface area contributed by atoms with Gasteiger partial charge in [-0.1, -0.05) is 31.5 Å². The Hall–Kier alpha value is -2.49. The SMILES string of the molecule is CCCCCOc1cc(C=NN=C2NC(=O)C(CC(=O)O)S2)cc(F)c1F. The zero-order chi connectivity index (χ0) is 19.8. The normalized spacial score (nSPS) is 18.3. The first-order valence-corrected chi connectivity index (χ1v) is 9.20. The zero-order valence-electron chi connectivity index (χ0n) is 14.6. The van der Waals surface area contributed by atoms with E-state index in [9.17, 15) is 18.4 Å². The predicted molar refractivity (Wildman–Crippen MR) is 98.2 cm³/mol. The molecule has 1 unspecified atom stereocenters. The molecule has 1 amide bonds. The number of thioether (sulfide) groups is 1. The lowest BCUT2D eigenvalue weighted by Gasteiger charge is -2.08. The maximum atomic E-state index is 13.8. The number of carbonyl (C=O) groups excluding carboxylic acids is 1. The molecule has 0 aliphatic carbocycles. The van der Waals surface area contributed by atoms with Crippen LogP contribution in [0, 0.1) is 11.6 Å². The molecule has 1 aliphatic heterocycles. The van der Waals surface area contributed by atoms with Crippen molar-refractivity contribution < 1.29 is 28.2 Å². The van der Waals surface area contributed by atoms with Crippen LogP contribution in [0.4, 0.5) is 8.78 Å². The lowest BCUT2D eigenvalue weighted by molar-refractivity contribution is -0.138. The van der Waals surface area contributed by atoms with Gasteiger partial charge in [0.1, 0.15) is 5.25 Å². The molecule has 1 fully saturated rings. The standard InChI is InChI=1S/C17H19F2N3O4S/c1-2-3-4-5-26-12-7-10(6-11(18)15(12)19)9-20-22-17-21-16(25)13(27-17)8-14(23)24/h6-7,9,13H,2-5,8H2,1H3,(H,23,24)(H,21,22,25). The Labute approximate surface area is 158 Å². The van der Waals surface area contributed by atoms with Gasteiger partial charge in [-0.05, 0) is 18.6 Å². The van der Waals surface area contributed by atoms with Gasteiger partial charge in [-0.25, -0.2) is 4.39 Å². The second-order valence-electron chi connectivity index (χ2n) is 5.71. The van der Waals surface area contributed by atoms with Gasteiger partial charge in [-0.2, -0.15) is 9.49 Å². The Morgan fingerprint density at radius 2 is 2.19 bits per heavy atom. The maximum Gasteiger partial charge on any atom is 0.305 e. The molecule has 0 radical (unpaired) electrons. The van der Waals surface area contributed by atoms with Crippen LogP contribution in [0.2, 0.25) is 0 Å². The van der Waals surface area contributed by atoms with Gasteiger partial charge in [0.15, 0.2) is 16.7 Å². The van der Waals surface area contributed by atoms with E-state index in [2.05, 4.69) is 15.5 Å². The van der Waals surface area contributed by atoms with Crippen molar-refractivity contribution in [1.29, 1.82) is 0 Å². The fourth-order valence-electron chi connectivity index (χ4n) is 2.19. The van der Waals surface area contributed by atoms with Crippen LogP contribution in [0.15, 0.2) is 22.3 Å². The summed E-state index contributed by atoms with van der Waals surface area (Å²) < 4.78 is 32.8. The molecule has 1 saturated heterocycles. The first-order chi connectivity index (χ1) is 12.9. The van der Waals surface area contributed by atoms with Gasteiger partial charge in [-0.3, -0.25) is 9.59 Å². The maximum absolute atomic E-state index is 13.8. The van der Waals surface area contributed by atoms with Crippen LogP contribution in [0.3, 0.4) is 0 Å². The molecule has 146 valence electrons. The number of nitrogens with zero attached hydrogens (tertiary/aromatic N) is 2. The average Bonchev–Trinajstić information content (AvgIpc) is 2.94. The number of amidine groups is 1. The van der Waals surface area contributed by atoms with Crippen molar-refractivity contribution in [3.63, 3.8) is 0 Å². The van der Waals surface area contributed by atoms with Gasteiger partial charge < -0.3 is 15.2 Å². The lowest BCUT2D eigenvalue weighted by atomic mass is 10.2. The molecular formula is C17H19F2N3O4S. The molecule has 0 bridgehead atoms. The molecule has 27 heavy (non-hydrogen) atoms. The van der Waals surface area contributed by atoms with Gasteiger partial charge in [0.2, 0.25) is 11.7 Å². The van der Waals surface area contributed by atoms with E-state index in [4.69, 9.17) is 9.84 Å². The second kappa shape index (κ2) is 10.0. The Kier molecular flexibility index (Phi) is 7.71. The highest BCUT2D eigenvalue weighted by Gasteiger charge is 2.32. The number of ether oxygens (including phenoxy) is 1. The van der Waals surface area contributed by atoms with E-state index < -0.39 is 28.8 Å². The number of rotatable bonds is 9. The molecule has 7 nitrogen and oxygen atoms in total. The summed E-state index contributed by atoms with van der Waals surface area (Å²) in [5.41, 5.74) is 0.236. The average molecular weight is 399 g/mol. The minimum Gasteiger partial charge on any atom is -0.490 e. The number of hydrogen-bond donors (Lipinski definition) is 2. The van der Waals surface area contributed by atoms with E-state index in [1.807, 2.05) is 6.92 Å². The van der Waals surface area contributed by atoms with Crippen LogP contribution in [0.5, 0.6) is 5.75 Å². The minimum absolute atomic E-state index is 0.140. The molecule has 0 saturated carbocycles. The lowest BCUT2D eigenvalue weighted by Crippen LogP contribution is -2.26. The highest BCUT2D eigenvalue weighted by Crippen LogP contribution is 2.23. The molecule has 2 N–H and O–H groups in total. The third-order valence-corrected chi connectivity index (χ3v) is 4.59. The Bertz CT molecular complexity index is 771. The molecule has 10 heteroatoms. The summed E-state index contributed by atoms with van der Waals surface area (Å²) in [7, 11) is 0. The number of amides is 1. The van der Waals surface area contributed by atoms with Crippen LogP contribution >= 0.6 is 11.8 Å². The van der Waals surface area contributed by atoms with Gasteiger partial charge in [0, 0.05) is 5.56 Å². The minimum atomic E-state index is -1.10. The van der Waals surface area contributed by atoms with Crippen molar-refractivity contribution in [2.45, 2.75) is 37.9 Å². The third-order valence-electron chi connectivity index (χ3n) is 3.51. The molecule has 1 heterocycles. The summed E-state index contributed by atoms with van der Waals surface area (Å²) >= 11 is 0.943. The molecule has 1 aromatic rings. The van der Waals surface area contributed by atoms with Crippen molar-refractivity contribution in [3.8, 4) is 5.75 Å². The highest BCUT2D eigenvalue weighted by atomic mass is 32.2. The topological polar surface area (TPSA) is 100 Å². The molecule has 0 spiro atoms. The van der Waals surface area contributed by atoms with Crippen molar-refractivity contribution in [2.24, 2.45) is 10.2 Å². The first-order valence-electron chi connectivity index (χ1n) is 8.33. The quantitative estimate of drug-likeness (QED) is 0.378. The fraction of sp³-hybridized carbons (Fsp3) is 0.412. The van der Waals surface area contributed by atoms with Crippen molar-refractivity contribution >= 4 is 35.0 Å². The van der Waals surface area contributed by atoms with Crippen LogP contribution < -0.4 is 10.1 Å². The smallest absolute Gasteiger partial charge is 0.305 e. The fourth-order valence-corrected chi connectivity index (χ4v) is 3.11. The van der Waals surface area contributed by atoms with Gasteiger partial charge >= 0.3 is 5.97 Å². The van der Waals surface area contributed by atoms with Crippen molar-refractivity contribution in [3.05, 3.63) is 29.3 Å². The van der Waals surface area contributed by atoms with Gasteiger partial charge in [0.25, 0.3) is 0 Å². The number of halogens is 2. The summed E-state index contributed by atoms with van der Waals surface area (Å²) in [5, 5.41) is 18.0. The van der Waals surface area contributed by atoms with E-state index >= 15 is 0 Å². The molecule has 0 aromatic heterocycles. The number of aliphatic carboxylic acids is 1. The van der Waals surface area contributed by atoms with E-state index in [0.717, 1.165) is 37.1 Å². The number of benzene rings is 1.